The summed E-state index contributed by atoms with van der Waals surface area (Å²) in [6.45, 7) is 1.65. The number of hydrogen-bond donors (Lipinski definition) is 1. The minimum atomic E-state index is -0.773. The van der Waals surface area contributed by atoms with Crippen LogP contribution in [0.5, 0.6) is 11.5 Å². The summed E-state index contributed by atoms with van der Waals surface area (Å²) in [5.41, 5.74) is 1.93. The number of carbonyl (C=O) groups is 1. The Balaban J connectivity index is 1.60. The van der Waals surface area contributed by atoms with Gasteiger partial charge in [-0.25, -0.2) is 0 Å². The van der Waals surface area contributed by atoms with Crippen molar-refractivity contribution in [2.45, 2.75) is 13.0 Å². The Kier molecular flexibility index (Phi) is 5.39. The summed E-state index contributed by atoms with van der Waals surface area (Å²) in [7, 11) is 1.56. The van der Waals surface area contributed by atoms with Crippen molar-refractivity contribution < 1.29 is 18.7 Å². The van der Waals surface area contributed by atoms with E-state index in [4.69, 9.17) is 25.5 Å². The van der Waals surface area contributed by atoms with Gasteiger partial charge in [0.2, 0.25) is 0 Å². The van der Waals surface area contributed by atoms with Crippen molar-refractivity contribution >= 4 is 61.1 Å². The van der Waals surface area contributed by atoms with Crippen molar-refractivity contribution in [2.75, 3.05) is 12.4 Å². The Bertz CT molecular complexity index is 1220. The van der Waals surface area contributed by atoms with E-state index in [1.54, 1.807) is 38.3 Å². The van der Waals surface area contributed by atoms with Gasteiger partial charge >= 0.3 is 0 Å². The van der Waals surface area contributed by atoms with Crippen LogP contribution >= 0.6 is 27.5 Å². The van der Waals surface area contributed by atoms with Crippen LogP contribution in [0.15, 0.2) is 63.5 Å². The van der Waals surface area contributed by atoms with Gasteiger partial charge in [-0.05, 0) is 37.3 Å². The predicted octanol–water partition coefficient (Wildman–Crippen LogP) is 6.42. The standard InChI is InChI=1S/C22H17BrClNO4/c1-12(28-19-8-7-13(23)9-16(19)24)22(26)25-17-11-20-15(10-21(17)27-2)14-5-3-4-6-18(14)29-20/h3-12H,1-2H3,(H,25,26). The summed E-state index contributed by atoms with van der Waals surface area (Å²) < 4.78 is 17.9. The van der Waals surface area contributed by atoms with Gasteiger partial charge in [-0.15, -0.1) is 0 Å². The summed E-state index contributed by atoms with van der Waals surface area (Å²) in [6, 6.07) is 16.6. The number of amides is 1. The predicted molar refractivity (Wildman–Crippen MR) is 118 cm³/mol. The van der Waals surface area contributed by atoms with E-state index in [1.165, 1.54) is 0 Å². The topological polar surface area (TPSA) is 60.7 Å². The highest BCUT2D eigenvalue weighted by Crippen LogP contribution is 2.36. The van der Waals surface area contributed by atoms with Crippen LogP contribution in [-0.2, 0) is 4.79 Å². The van der Waals surface area contributed by atoms with Crippen molar-refractivity contribution in [3.05, 3.63) is 64.1 Å². The lowest BCUT2D eigenvalue weighted by Gasteiger charge is -2.17. The number of nitrogens with one attached hydrogen (secondary N) is 1. The summed E-state index contributed by atoms with van der Waals surface area (Å²) in [5.74, 6) is 0.626. The smallest absolute Gasteiger partial charge is 0.265 e. The van der Waals surface area contributed by atoms with Gasteiger partial charge in [-0.1, -0.05) is 45.7 Å². The highest BCUT2D eigenvalue weighted by atomic mass is 79.9. The van der Waals surface area contributed by atoms with Crippen molar-refractivity contribution in [1.29, 1.82) is 0 Å². The molecule has 3 aromatic carbocycles. The van der Waals surface area contributed by atoms with Crippen LogP contribution in [0.25, 0.3) is 21.9 Å². The Morgan fingerprint density at radius 2 is 1.86 bits per heavy atom. The molecule has 1 aromatic heterocycles. The number of benzene rings is 3. The largest absolute Gasteiger partial charge is 0.495 e. The van der Waals surface area contributed by atoms with Crippen LogP contribution in [0.3, 0.4) is 0 Å². The molecule has 0 saturated carbocycles. The summed E-state index contributed by atoms with van der Waals surface area (Å²) in [6.07, 6.45) is -0.773. The molecule has 0 radical (unpaired) electrons. The van der Waals surface area contributed by atoms with Crippen molar-refractivity contribution in [1.82, 2.24) is 0 Å². The fourth-order valence-electron chi connectivity index (χ4n) is 3.07. The zero-order chi connectivity index (χ0) is 20.5. The molecule has 7 heteroatoms. The van der Waals surface area contributed by atoms with E-state index in [0.717, 1.165) is 20.8 Å². The normalized spacial score (nSPS) is 12.1. The van der Waals surface area contributed by atoms with Gasteiger partial charge < -0.3 is 19.2 Å². The molecule has 0 aliphatic carbocycles. The van der Waals surface area contributed by atoms with Crippen molar-refractivity contribution in [3.8, 4) is 11.5 Å². The van der Waals surface area contributed by atoms with Gasteiger partial charge in [0.15, 0.2) is 6.10 Å². The van der Waals surface area contributed by atoms with E-state index in [1.807, 2.05) is 30.3 Å². The second-order valence-corrected chi connectivity index (χ2v) is 7.79. The molecule has 1 atom stereocenters. The lowest BCUT2D eigenvalue weighted by molar-refractivity contribution is -0.122. The molecule has 5 nitrogen and oxygen atoms in total. The van der Waals surface area contributed by atoms with Crippen LogP contribution in [0, 0.1) is 0 Å². The number of fused-ring (bicyclic) bond motifs is 3. The van der Waals surface area contributed by atoms with Crippen molar-refractivity contribution in [3.63, 3.8) is 0 Å². The molecule has 4 rings (SSSR count). The van der Waals surface area contributed by atoms with Gasteiger partial charge in [0.1, 0.15) is 22.7 Å². The third kappa shape index (κ3) is 3.91. The van der Waals surface area contributed by atoms with Crippen LogP contribution in [0.4, 0.5) is 5.69 Å². The second-order valence-electron chi connectivity index (χ2n) is 6.47. The molecule has 0 aliphatic heterocycles. The Morgan fingerprint density at radius 3 is 2.62 bits per heavy atom. The average Bonchev–Trinajstić information content (AvgIpc) is 3.06. The van der Waals surface area contributed by atoms with E-state index in [2.05, 4.69) is 21.2 Å². The molecule has 29 heavy (non-hydrogen) atoms. The molecular weight excluding hydrogens is 458 g/mol. The molecule has 1 amide bonds. The number of hydrogen-bond acceptors (Lipinski definition) is 4. The lowest BCUT2D eigenvalue weighted by Crippen LogP contribution is -2.30. The van der Waals surface area contributed by atoms with Gasteiger partial charge in [-0.3, -0.25) is 4.79 Å². The van der Waals surface area contributed by atoms with Gasteiger partial charge in [-0.2, -0.15) is 0 Å². The second kappa shape index (κ2) is 7.97. The molecule has 0 aliphatic rings. The fraction of sp³-hybridized carbons (Fsp3) is 0.136. The van der Waals surface area contributed by atoms with E-state index in [9.17, 15) is 4.79 Å². The fourth-order valence-corrected chi connectivity index (χ4v) is 3.79. The molecule has 0 spiro atoms. The third-order valence-corrected chi connectivity index (χ3v) is 5.31. The summed E-state index contributed by atoms with van der Waals surface area (Å²) in [5, 5.41) is 5.17. The molecule has 1 heterocycles. The Hall–Kier alpha value is -2.70. The number of methoxy groups -OCH3 is 1. The molecule has 0 bridgehead atoms. The maximum absolute atomic E-state index is 12.7. The first kappa shape index (κ1) is 19.6. The molecule has 0 saturated heterocycles. The van der Waals surface area contributed by atoms with Crippen molar-refractivity contribution in [2.24, 2.45) is 0 Å². The number of furan rings is 1. The maximum Gasteiger partial charge on any atom is 0.265 e. The molecular formula is C22H17BrClNO4. The first-order chi connectivity index (χ1) is 14.0. The van der Waals surface area contributed by atoms with Gasteiger partial charge in [0, 0.05) is 21.3 Å². The maximum atomic E-state index is 12.7. The first-order valence-corrected chi connectivity index (χ1v) is 10.0. The molecule has 4 aromatic rings. The quantitative estimate of drug-likeness (QED) is 0.363. The number of ether oxygens (including phenoxy) is 2. The first-order valence-electron chi connectivity index (χ1n) is 8.88. The SMILES string of the molecule is COc1cc2c(cc1NC(=O)C(C)Oc1ccc(Br)cc1Cl)oc1ccccc12. The monoisotopic (exact) mass is 473 g/mol. The number of carbonyl (C=O) groups excluding carboxylic acids is 1. The molecule has 0 fully saturated rings. The van der Waals surface area contributed by atoms with E-state index in [-0.39, 0.29) is 5.91 Å². The highest BCUT2D eigenvalue weighted by Gasteiger charge is 2.19. The average molecular weight is 475 g/mol. The van der Waals surface area contributed by atoms with Crippen LogP contribution in [-0.4, -0.2) is 19.1 Å². The minimum Gasteiger partial charge on any atom is -0.495 e. The van der Waals surface area contributed by atoms with Crippen LogP contribution < -0.4 is 14.8 Å². The lowest BCUT2D eigenvalue weighted by atomic mass is 10.1. The number of rotatable bonds is 5. The Morgan fingerprint density at radius 1 is 1.07 bits per heavy atom. The van der Waals surface area contributed by atoms with E-state index < -0.39 is 6.10 Å². The number of halogens is 2. The van der Waals surface area contributed by atoms with Crippen LogP contribution in [0.2, 0.25) is 5.02 Å². The zero-order valence-electron chi connectivity index (χ0n) is 15.7. The summed E-state index contributed by atoms with van der Waals surface area (Å²) in [4.78, 5) is 12.7. The van der Waals surface area contributed by atoms with Crippen LogP contribution in [0.1, 0.15) is 6.92 Å². The van der Waals surface area contributed by atoms with Gasteiger partial charge in [0.25, 0.3) is 5.91 Å². The minimum absolute atomic E-state index is 0.335. The molecule has 1 N–H and O–H groups in total. The zero-order valence-corrected chi connectivity index (χ0v) is 18.0. The van der Waals surface area contributed by atoms with E-state index in [0.29, 0.717) is 27.8 Å². The number of anilines is 1. The molecule has 148 valence electrons. The Labute approximate surface area is 180 Å². The highest BCUT2D eigenvalue weighted by molar-refractivity contribution is 9.10. The van der Waals surface area contributed by atoms with Gasteiger partial charge in [0.05, 0.1) is 17.8 Å². The third-order valence-electron chi connectivity index (χ3n) is 4.52. The van der Waals surface area contributed by atoms with E-state index >= 15 is 0 Å². The molecule has 1 unspecified atom stereocenters. The summed E-state index contributed by atoms with van der Waals surface area (Å²) >= 11 is 9.51. The number of para-hydroxylation sites is 1.